The Hall–Kier alpha value is -4.20. The first-order chi connectivity index (χ1) is 18.0. The summed E-state index contributed by atoms with van der Waals surface area (Å²) in [5.74, 6) is 1.44. The van der Waals surface area contributed by atoms with Crippen LogP contribution in [0.1, 0.15) is 47.6 Å². The van der Waals surface area contributed by atoms with Crippen molar-refractivity contribution in [3.8, 4) is 17.2 Å². The van der Waals surface area contributed by atoms with E-state index in [1.807, 2.05) is 45.0 Å². The summed E-state index contributed by atoms with van der Waals surface area (Å²) < 4.78 is 12.5. The van der Waals surface area contributed by atoms with Crippen molar-refractivity contribution in [2.75, 3.05) is 11.5 Å². The molecule has 0 aromatic heterocycles. The van der Waals surface area contributed by atoms with Crippen LogP contribution in [-0.4, -0.2) is 29.2 Å². The van der Waals surface area contributed by atoms with E-state index in [1.54, 1.807) is 29.2 Å². The van der Waals surface area contributed by atoms with Gasteiger partial charge in [0.25, 0.3) is 0 Å². The van der Waals surface area contributed by atoms with Crippen LogP contribution in [0.3, 0.4) is 0 Å². The number of primary amides is 1. The molecule has 4 rings (SSSR count). The smallest absolute Gasteiger partial charge is 0.221 e. The van der Waals surface area contributed by atoms with E-state index >= 15 is 0 Å². The fraction of sp³-hybridized carbons (Fsp3) is 0.333. The lowest BCUT2D eigenvalue weighted by Crippen LogP contribution is -2.38. The summed E-state index contributed by atoms with van der Waals surface area (Å²) in [6, 6.07) is 14.6. The van der Waals surface area contributed by atoms with E-state index in [0.29, 0.717) is 30.2 Å². The Morgan fingerprint density at radius 3 is 2.21 bits per heavy atom. The van der Waals surface area contributed by atoms with Crippen molar-refractivity contribution in [1.29, 1.82) is 5.41 Å². The van der Waals surface area contributed by atoms with Crippen molar-refractivity contribution in [3.63, 3.8) is 0 Å². The van der Waals surface area contributed by atoms with Crippen molar-refractivity contribution in [2.45, 2.75) is 59.0 Å². The molecule has 1 amide bonds. The number of phenolic OH excluding ortho intramolecular Hbond substituents is 1. The minimum absolute atomic E-state index is 0.127. The summed E-state index contributed by atoms with van der Waals surface area (Å²) in [4.78, 5) is 12.8. The number of hydrogen-bond donors (Lipinski definition) is 4. The van der Waals surface area contributed by atoms with Crippen molar-refractivity contribution >= 4 is 23.2 Å². The zero-order chi connectivity index (χ0) is 27.6. The van der Waals surface area contributed by atoms with Crippen LogP contribution in [-0.2, 0) is 17.6 Å². The van der Waals surface area contributed by atoms with E-state index < -0.39 is 5.91 Å². The molecule has 0 saturated heterocycles. The van der Waals surface area contributed by atoms with Gasteiger partial charge in [0.05, 0.1) is 13.0 Å². The van der Waals surface area contributed by atoms with Crippen LogP contribution < -0.4 is 25.8 Å². The van der Waals surface area contributed by atoms with Crippen LogP contribution in [0, 0.1) is 26.2 Å². The minimum atomic E-state index is -0.397. The van der Waals surface area contributed by atoms with Gasteiger partial charge >= 0.3 is 0 Å². The molecule has 3 aromatic rings. The summed E-state index contributed by atoms with van der Waals surface area (Å²) in [5, 5.41) is 18.5. The van der Waals surface area contributed by atoms with Crippen LogP contribution >= 0.6 is 0 Å². The highest BCUT2D eigenvalue weighted by molar-refractivity contribution is 5.99. The van der Waals surface area contributed by atoms with Crippen molar-refractivity contribution < 1.29 is 19.4 Å². The number of carbonyl (C=O) groups excluding carboxylic acids is 1. The highest BCUT2D eigenvalue weighted by atomic mass is 16.5. The number of fused-ring (bicyclic) bond motifs is 1. The molecule has 0 fully saturated rings. The lowest BCUT2D eigenvalue weighted by atomic mass is 9.86. The van der Waals surface area contributed by atoms with Crippen molar-refractivity contribution in [1.82, 2.24) is 0 Å². The summed E-state index contributed by atoms with van der Waals surface area (Å²) in [6.45, 7) is 8.46. The predicted molar refractivity (Wildman–Crippen MR) is 150 cm³/mol. The SMILES string of the molecule is Cc1c(C)c2c(c(C)c1O)CCC(C)(CCOc1ccc(N(C(=N)N)c3ccc(CC(N)=O)cc3)cc1)O2. The van der Waals surface area contributed by atoms with E-state index in [-0.39, 0.29) is 18.0 Å². The van der Waals surface area contributed by atoms with Gasteiger partial charge in [-0.2, -0.15) is 0 Å². The van der Waals surface area contributed by atoms with E-state index in [2.05, 4.69) is 6.92 Å². The van der Waals surface area contributed by atoms with Gasteiger partial charge in [0.2, 0.25) is 5.91 Å². The number of nitrogens with two attached hydrogens (primary N) is 2. The first kappa shape index (κ1) is 26.9. The molecular formula is C30H36N4O4. The normalized spacial score (nSPS) is 16.3. The number of ether oxygens (including phenoxy) is 2. The number of hydrogen-bond acceptors (Lipinski definition) is 5. The van der Waals surface area contributed by atoms with Crippen LogP contribution in [0.15, 0.2) is 48.5 Å². The fourth-order valence-electron chi connectivity index (χ4n) is 4.94. The van der Waals surface area contributed by atoms with Gasteiger partial charge in [0, 0.05) is 23.4 Å². The summed E-state index contributed by atoms with van der Waals surface area (Å²) >= 11 is 0. The van der Waals surface area contributed by atoms with E-state index in [0.717, 1.165) is 52.1 Å². The predicted octanol–water partition coefficient (Wildman–Crippen LogP) is 4.93. The zero-order valence-electron chi connectivity index (χ0n) is 22.4. The maximum absolute atomic E-state index is 11.2. The molecular weight excluding hydrogens is 480 g/mol. The Bertz CT molecular complexity index is 1350. The van der Waals surface area contributed by atoms with Gasteiger partial charge < -0.3 is 26.0 Å². The molecule has 0 saturated carbocycles. The summed E-state index contributed by atoms with van der Waals surface area (Å²) in [5.41, 5.74) is 16.9. The molecule has 1 atom stereocenters. The number of nitrogens with one attached hydrogen (secondary N) is 1. The molecule has 8 heteroatoms. The molecule has 1 aliphatic rings. The molecule has 38 heavy (non-hydrogen) atoms. The number of benzene rings is 3. The van der Waals surface area contributed by atoms with Crippen molar-refractivity contribution in [2.24, 2.45) is 11.5 Å². The molecule has 1 aliphatic heterocycles. The molecule has 200 valence electrons. The Morgan fingerprint density at radius 2 is 1.63 bits per heavy atom. The van der Waals surface area contributed by atoms with Crippen LogP contribution in [0.25, 0.3) is 0 Å². The second kappa shape index (κ2) is 10.7. The molecule has 0 spiro atoms. The fourth-order valence-corrected chi connectivity index (χ4v) is 4.94. The number of anilines is 2. The highest BCUT2D eigenvalue weighted by Gasteiger charge is 2.34. The second-order valence-corrected chi connectivity index (χ2v) is 10.2. The number of carbonyl (C=O) groups is 1. The first-order valence-electron chi connectivity index (χ1n) is 12.7. The van der Waals surface area contributed by atoms with Gasteiger partial charge in [0.1, 0.15) is 22.8 Å². The Morgan fingerprint density at radius 1 is 1.03 bits per heavy atom. The average molecular weight is 517 g/mol. The average Bonchev–Trinajstić information content (AvgIpc) is 2.87. The molecule has 8 nitrogen and oxygen atoms in total. The van der Waals surface area contributed by atoms with Crippen LogP contribution in [0.2, 0.25) is 0 Å². The molecule has 1 heterocycles. The molecule has 0 bridgehead atoms. The number of rotatable bonds is 8. The second-order valence-electron chi connectivity index (χ2n) is 10.2. The molecule has 0 radical (unpaired) electrons. The molecule has 6 N–H and O–H groups in total. The van der Waals surface area contributed by atoms with Crippen molar-refractivity contribution in [3.05, 3.63) is 76.3 Å². The maximum atomic E-state index is 11.2. The number of nitrogens with zero attached hydrogens (tertiary/aromatic N) is 1. The third kappa shape index (κ3) is 5.54. The first-order valence-corrected chi connectivity index (χ1v) is 12.7. The van der Waals surface area contributed by atoms with Gasteiger partial charge in [-0.3, -0.25) is 15.1 Å². The topological polar surface area (TPSA) is 135 Å². The lowest BCUT2D eigenvalue weighted by Gasteiger charge is -2.38. The van der Waals surface area contributed by atoms with Gasteiger partial charge in [-0.1, -0.05) is 12.1 Å². The Balaban J connectivity index is 1.40. The summed E-state index contributed by atoms with van der Waals surface area (Å²) in [6.07, 6.45) is 2.57. The molecule has 0 aliphatic carbocycles. The number of aromatic hydroxyl groups is 1. The number of amides is 1. The van der Waals surface area contributed by atoms with Crippen LogP contribution in [0.4, 0.5) is 11.4 Å². The molecule has 1 unspecified atom stereocenters. The monoisotopic (exact) mass is 516 g/mol. The minimum Gasteiger partial charge on any atom is -0.507 e. The maximum Gasteiger partial charge on any atom is 0.221 e. The summed E-state index contributed by atoms with van der Waals surface area (Å²) in [7, 11) is 0. The third-order valence-electron chi connectivity index (χ3n) is 7.40. The van der Waals surface area contributed by atoms with Gasteiger partial charge in [-0.25, -0.2) is 0 Å². The number of phenols is 1. The van der Waals surface area contributed by atoms with E-state index in [4.69, 9.17) is 26.4 Å². The van der Waals surface area contributed by atoms with Gasteiger partial charge in [-0.15, -0.1) is 0 Å². The van der Waals surface area contributed by atoms with Crippen LogP contribution in [0.5, 0.6) is 17.2 Å². The van der Waals surface area contributed by atoms with E-state index in [1.165, 1.54) is 0 Å². The van der Waals surface area contributed by atoms with Gasteiger partial charge in [0.15, 0.2) is 5.96 Å². The highest BCUT2D eigenvalue weighted by Crippen LogP contribution is 2.44. The third-order valence-corrected chi connectivity index (χ3v) is 7.40. The largest absolute Gasteiger partial charge is 0.507 e. The van der Waals surface area contributed by atoms with E-state index in [9.17, 15) is 9.90 Å². The quantitative estimate of drug-likeness (QED) is 0.248. The number of guanidine groups is 1. The zero-order valence-corrected chi connectivity index (χ0v) is 22.4. The Labute approximate surface area is 223 Å². The standard InChI is InChI=1S/C30H36N4O4/c1-18-19(2)28-25(20(3)27(18)36)13-14-30(4,38-28)15-16-37-24-11-9-23(10-12-24)34(29(32)33)22-7-5-21(6-8-22)17-26(31)35/h5-12,36H,13-17H2,1-4H3,(H2,31,35)(H3,32,33). The lowest BCUT2D eigenvalue weighted by molar-refractivity contribution is -0.117. The molecule has 3 aromatic carbocycles. The van der Waals surface area contributed by atoms with Gasteiger partial charge in [-0.05, 0) is 99.2 Å². The Kier molecular flexibility index (Phi) is 7.53.